The van der Waals surface area contributed by atoms with Gasteiger partial charge in [0.05, 0.1) is 6.61 Å². The standard InChI is InChI=1S/C20H18N2O4/c1-2-25-19(24)12-18(23)21-16-10-8-15(9-11-16)20-22-17(13-26-20)14-6-4-3-5-7-14/h3-11,13H,2,12H2,1H3,(H,21,23). The summed E-state index contributed by atoms with van der Waals surface area (Å²) < 4.78 is 10.3. The van der Waals surface area contributed by atoms with Crippen LogP contribution in [0.2, 0.25) is 0 Å². The molecule has 0 atom stereocenters. The Morgan fingerprint density at radius 1 is 1.04 bits per heavy atom. The van der Waals surface area contributed by atoms with E-state index >= 15 is 0 Å². The second-order valence-corrected chi connectivity index (χ2v) is 5.51. The van der Waals surface area contributed by atoms with E-state index in [0.717, 1.165) is 16.8 Å². The van der Waals surface area contributed by atoms with E-state index in [1.807, 2.05) is 30.3 Å². The number of benzene rings is 2. The molecule has 0 saturated heterocycles. The van der Waals surface area contributed by atoms with Crippen LogP contribution in [0.25, 0.3) is 22.7 Å². The molecule has 0 saturated carbocycles. The molecule has 2 aromatic carbocycles. The van der Waals surface area contributed by atoms with Gasteiger partial charge in [-0.25, -0.2) is 4.98 Å². The lowest BCUT2D eigenvalue weighted by Crippen LogP contribution is -2.18. The molecule has 0 spiro atoms. The van der Waals surface area contributed by atoms with E-state index in [0.29, 0.717) is 11.6 Å². The fourth-order valence-electron chi connectivity index (χ4n) is 2.39. The molecule has 26 heavy (non-hydrogen) atoms. The van der Waals surface area contributed by atoms with Gasteiger partial charge in [-0.05, 0) is 31.2 Å². The number of carbonyl (C=O) groups is 2. The van der Waals surface area contributed by atoms with Crippen LogP contribution in [0.1, 0.15) is 13.3 Å². The quantitative estimate of drug-likeness (QED) is 0.538. The minimum Gasteiger partial charge on any atom is -0.466 e. The zero-order valence-corrected chi connectivity index (χ0v) is 14.3. The Balaban J connectivity index is 1.66. The van der Waals surface area contributed by atoms with Gasteiger partial charge in [0.1, 0.15) is 18.4 Å². The van der Waals surface area contributed by atoms with Crippen LogP contribution in [-0.2, 0) is 14.3 Å². The van der Waals surface area contributed by atoms with E-state index in [2.05, 4.69) is 10.3 Å². The van der Waals surface area contributed by atoms with Crippen LogP contribution in [-0.4, -0.2) is 23.5 Å². The average Bonchev–Trinajstić information content (AvgIpc) is 3.13. The lowest BCUT2D eigenvalue weighted by atomic mass is 10.2. The highest BCUT2D eigenvalue weighted by Crippen LogP contribution is 2.25. The second-order valence-electron chi connectivity index (χ2n) is 5.51. The van der Waals surface area contributed by atoms with E-state index in [1.54, 1.807) is 37.5 Å². The van der Waals surface area contributed by atoms with Crippen LogP contribution in [0.3, 0.4) is 0 Å². The van der Waals surface area contributed by atoms with Gasteiger partial charge in [-0.1, -0.05) is 30.3 Å². The first-order valence-electron chi connectivity index (χ1n) is 8.22. The topological polar surface area (TPSA) is 81.4 Å². The molecule has 1 amide bonds. The van der Waals surface area contributed by atoms with Crippen LogP contribution < -0.4 is 5.32 Å². The van der Waals surface area contributed by atoms with Crippen LogP contribution in [0.5, 0.6) is 0 Å². The number of hydrogen-bond acceptors (Lipinski definition) is 5. The Bertz CT molecular complexity index is 886. The van der Waals surface area contributed by atoms with E-state index in [4.69, 9.17) is 9.15 Å². The third-order valence-electron chi connectivity index (χ3n) is 3.60. The molecule has 6 nitrogen and oxygen atoms in total. The molecule has 0 aliphatic carbocycles. The largest absolute Gasteiger partial charge is 0.466 e. The molecule has 0 unspecified atom stereocenters. The molecule has 3 rings (SSSR count). The Morgan fingerprint density at radius 3 is 2.46 bits per heavy atom. The lowest BCUT2D eigenvalue weighted by molar-refractivity contribution is -0.145. The summed E-state index contributed by atoms with van der Waals surface area (Å²) in [5.41, 5.74) is 3.10. The molecule has 0 bridgehead atoms. The highest BCUT2D eigenvalue weighted by molar-refractivity contribution is 6.01. The summed E-state index contributed by atoms with van der Waals surface area (Å²) in [6, 6.07) is 16.8. The summed E-state index contributed by atoms with van der Waals surface area (Å²) in [6.45, 7) is 1.95. The minimum atomic E-state index is -0.546. The SMILES string of the molecule is CCOC(=O)CC(=O)Nc1ccc(-c2nc(-c3ccccc3)co2)cc1. The highest BCUT2D eigenvalue weighted by atomic mass is 16.5. The summed E-state index contributed by atoms with van der Waals surface area (Å²) in [4.78, 5) is 27.6. The lowest BCUT2D eigenvalue weighted by Gasteiger charge is -2.05. The fraction of sp³-hybridized carbons (Fsp3) is 0.150. The van der Waals surface area contributed by atoms with Gasteiger partial charge in [0.25, 0.3) is 0 Å². The number of aromatic nitrogens is 1. The molecule has 132 valence electrons. The van der Waals surface area contributed by atoms with Crippen LogP contribution >= 0.6 is 0 Å². The second kappa shape index (κ2) is 8.11. The normalized spacial score (nSPS) is 10.3. The zero-order chi connectivity index (χ0) is 18.4. The van der Waals surface area contributed by atoms with Gasteiger partial charge in [-0.2, -0.15) is 0 Å². The maximum absolute atomic E-state index is 11.8. The number of anilines is 1. The number of esters is 1. The predicted octanol–water partition coefficient (Wildman–Crippen LogP) is 3.90. The van der Waals surface area contributed by atoms with Crippen molar-refractivity contribution in [2.45, 2.75) is 13.3 Å². The Hall–Kier alpha value is -3.41. The van der Waals surface area contributed by atoms with Crippen molar-refractivity contribution in [2.75, 3.05) is 11.9 Å². The predicted molar refractivity (Wildman–Crippen MR) is 97.3 cm³/mol. The first-order valence-corrected chi connectivity index (χ1v) is 8.22. The molecular formula is C20H18N2O4. The van der Waals surface area contributed by atoms with Crippen molar-refractivity contribution in [3.8, 4) is 22.7 Å². The third-order valence-corrected chi connectivity index (χ3v) is 3.60. The van der Waals surface area contributed by atoms with E-state index in [1.165, 1.54) is 0 Å². The van der Waals surface area contributed by atoms with Crippen molar-refractivity contribution >= 4 is 17.6 Å². The number of nitrogens with one attached hydrogen (secondary N) is 1. The molecule has 0 fully saturated rings. The zero-order valence-electron chi connectivity index (χ0n) is 14.3. The Morgan fingerprint density at radius 2 is 1.77 bits per heavy atom. The molecule has 1 heterocycles. The molecular weight excluding hydrogens is 332 g/mol. The maximum atomic E-state index is 11.8. The molecule has 3 aromatic rings. The number of ether oxygens (including phenoxy) is 1. The summed E-state index contributed by atoms with van der Waals surface area (Å²) in [6.07, 6.45) is 1.30. The number of nitrogens with zero attached hydrogens (tertiary/aromatic N) is 1. The monoisotopic (exact) mass is 350 g/mol. The van der Waals surface area contributed by atoms with E-state index < -0.39 is 11.9 Å². The van der Waals surface area contributed by atoms with Gasteiger partial charge in [0.2, 0.25) is 11.8 Å². The van der Waals surface area contributed by atoms with Crippen molar-refractivity contribution in [2.24, 2.45) is 0 Å². The van der Waals surface area contributed by atoms with Crippen molar-refractivity contribution in [3.05, 3.63) is 60.9 Å². The number of hydrogen-bond donors (Lipinski definition) is 1. The molecule has 1 N–H and O–H groups in total. The first kappa shape index (κ1) is 17.4. The number of oxazole rings is 1. The molecule has 1 aromatic heterocycles. The van der Waals surface area contributed by atoms with Crippen molar-refractivity contribution in [3.63, 3.8) is 0 Å². The first-order chi connectivity index (χ1) is 12.7. The number of carbonyl (C=O) groups excluding carboxylic acids is 2. The highest BCUT2D eigenvalue weighted by Gasteiger charge is 2.11. The maximum Gasteiger partial charge on any atom is 0.315 e. The van der Waals surface area contributed by atoms with Crippen LogP contribution in [0.4, 0.5) is 5.69 Å². The van der Waals surface area contributed by atoms with Gasteiger partial charge < -0.3 is 14.5 Å². The summed E-state index contributed by atoms with van der Waals surface area (Å²) in [5, 5.41) is 2.65. The summed E-state index contributed by atoms with van der Waals surface area (Å²) in [7, 11) is 0. The van der Waals surface area contributed by atoms with Gasteiger partial charge in [0, 0.05) is 16.8 Å². The average molecular weight is 350 g/mol. The molecule has 6 heteroatoms. The molecule has 0 aliphatic rings. The van der Waals surface area contributed by atoms with Crippen LogP contribution in [0, 0.1) is 0 Å². The van der Waals surface area contributed by atoms with Crippen molar-refractivity contribution < 1.29 is 18.7 Å². The Labute approximate surface area is 150 Å². The van der Waals surface area contributed by atoms with Gasteiger partial charge >= 0.3 is 5.97 Å². The van der Waals surface area contributed by atoms with Gasteiger partial charge in [-0.15, -0.1) is 0 Å². The van der Waals surface area contributed by atoms with Crippen molar-refractivity contribution in [1.82, 2.24) is 4.98 Å². The Kier molecular flexibility index (Phi) is 5.43. The van der Waals surface area contributed by atoms with Gasteiger partial charge in [-0.3, -0.25) is 9.59 Å². The summed E-state index contributed by atoms with van der Waals surface area (Å²) >= 11 is 0. The minimum absolute atomic E-state index is 0.252. The summed E-state index contributed by atoms with van der Waals surface area (Å²) in [5.74, 6) is -0.471. The molecule has 0 radical (unpaired) electrons. The van der Waals surface area contributed by atoms with Crippen LogP contribution in [0.15, 0.2) is 65.3 Å². The number of rotatable bonds is 6. The van der Waals surface area contributed by atoms with E-state index in [-0.39, 0.29) is 13.0 Å². The van der Waals surface area contributed by atoms with Gasteiger partial charge in [0.15, 0.2) is 0 Å². The smallest absolute Gasteiger partial charge is 0.315 e. The molecule has 0 aliphatic heterocycles. The number of amides is 1. The third kappa shape index (κ3) is 4.36. The van der Waals surface area contributed by atoms with E-state index in [9.17, 15) is 9.59 Å². The van der Waals surface area contributed by atoms with Crippen molar-refractivity contribution in [1.29, 1.82) is 0 Å². The fourth-order valence-corrected chi connectivity index (χ4v) is 2.39.